The summed E-state index contributed by atoms with van der Waals surface area (Å²) in [5.41, 5.74) is 0.170. The normalized spacial score (nSPS) is 17.6. The van der Waals surface area contributed by atoms with Crippen molar-refractivity contribution in [2.45, 2.75) is 45.3 Å². The quantitative estimate of drug-likeness (QED) is 0.830. The average molecular weight is 315 g/mol. The first-order valence-electron chi connectivity index (χ1n) is 8.05. The van der Waals surface area contributed by atoms with Gasteiger partial charge in [-0.05, 0) is 31.4 Å². The molecule has 0 bridgehead atoms. The molecule has 1 amide bonds. The minimum Gasteiger partial charge on any atom is -0.332 e. The van der Waals surface area contributed by atoms with Crippen LogP contribution in [-0.4, -0.2) is 43.0 Å². The summed E-state index contributed by atoms with van der Waals surface area (Å²) < 4.78 is 3.22. The molecule has 122 valence electrons. The zero-order valence-corrected chi connectivity index (χ0v) is 13.3. The van der Waals surface area contributed by atoms with Crippen LogP contribution < -0.4 is 5.56 Å². The first kappa shape index (κ1) is 15.5. The van der Waals surface area contributed by atoms with E-state index in [2.05, 4.69) is 10.2 Å². The highest BCUT2D eigenvalue weighted by Gasteiger charge is 2.30. The predicted molar refractivity (Wildman–Crippen MR) is 85.1 cm³/mol. The van der Waals surface area contributed by atoms with E-state index >= 15 is 0 Å². The zero-order chi connectivity index (χ0) is 16.2. The van der Waals surface area contributed by atoms with Crippen LogP contribution in [0.1, 0.15) is 36.7 Å². The highest BCUT2D eigenvalue weighted by Crippen LogP contribution is 2.20. The van der Waals surface area contributed by atoms with Crippen molar-refractivity contribution in [1.29, 1.82) is 0 Å². The Morgan fingerprint density at radius 2 is 2.26 bits per heavy atom. The molecule has 23 heavy (non-hydrogen) atoms. The van der Waals surface area contributed by atoms with E-state index in [9.17, 15) is 9.59 Å². The van der Waals surface area contributed by atoms with Gasteiger partial charge in [0.05, 0.1) is 12.6 Å². The lowest BCUT2D eigenvalue weighted by Crippen LogP contribution is -2.39. The van der Waals surface area contributed by atoms with Crippen LogP contribution in [0.25, 0.3) is 0 Å². The average Bonchev–Trinajstić information content (AvgIpc) is 3.21. The van der Waals surface area contributed by atoms with Crippen molar-refractivity contribution in [3.8, 4) is 0 Å². The number of carbonyl (C=O) groups excluding carboxylic acids is 1. The number of rotatable bonds is 5. The molecule has 0 aliphatic carbocycles. The second-order valence-electron chi connectivity index (χ2n) is 5.80. The first-order chi connectivity index (χ1) is 11.2. The van der Waals surface area contributed by atoms with Gasteiger partial charge < -0.3 is 4.90 Å². The van der Waals surface area contributed by atoms with Gasteiger partial charge in [0.15, 0.2) is 0 Å². The molecule has 3 heterocycles. The summed E-state index contributed by atoms with van der Waals surface area (Å²) in [6, 6.07) is 4.95. The largest absolute Gasteiger partial charge is 0.332 e. The van der Waals surface area contributed by atoms with Gasteiger partial charge >= 0.3 is 0 Å². The summed E-state index contributed by atoms with van der Waals surface area (Å²) in [4.78, 5) is 26.4. The Kier molecular flexibility index (Phi) is 4.55. The van der Waals surface area contributed by atoms with E-state index in [1.54, 1.807) is 6.20 Å². The molecule has 1 atom stereocenters. The van der Waals surface area contributed by atoms with Crippen LogP contribution in [0.4, 0.5) is 0 Å². The Hall–Kier alpha value is -2.44. The van der Waals surface area contributed by atoms with Crippen molar-refractivity contribution >= 4 is 5.91 Å². The minimum atomic E-state index is -0.169. The fraction of sp³-hybridized carbons (Fsp3) is 0.500. The Morgan fingerprint density at radius 3 is 3.00 bits per heavy atom. The molecule has 1 aliphatic rings. The smallest absolute Gasteiger partial charge is 0.274 e. The molecule has 1 fully saturated rings. The SMILES string of the molecule is CCCn1nc(C(=O)N2CCC[C@@H]2Cn2cccn2)ccc1=O. The van der Waals surface area contributed by atoms with Crippen molar-refractivity contribution in [1.82, 2.24) is 24.5 Å². The molecule has 0 spiro atoms. The number of carbonyl (C=O) groups is 1. The summed E-state index contributed by atoms with van der Waals surface area (Å²) in [7, 11) is 0. The van der Waals surface area contributed by atoms with E-state index in [4.69, 9.17) is 0 Å². The van der Waals surface area contributed by atoms with Crippen LogP contribution in [0.5, 0.6) is 0 Å². The maximum Gasteiger partial charge on any atom is 0.274 e. The molecular weight excluding hydrogens is 294 g/mol. The highest BCUT2D eigenvalue weighted by atomic mass is 16.2. The Morgan fingerprint density at radius 1 is 1.39 bits per heavy atom. The molecule has 0 aromatic carbocycles. The number of likely N-dealkylation sites (tertiary alicyclic amines) is 1. The van der Waals surface area contributed by atoms with E-state index in [0.29, 0.717) is 18.8 Å². The molecule has 1 saturated heterocycles. The van der Waals surface area contributed by atoms with Crippen molar-refractivity contribution in [3.63, 3.8) is 0 Å². The summed E-state index contributed by atoms with van der Waals surface area (Å²) in [5.74, 6) is -0.107. The number of hydrogen-bond donors (Lipinski definition) is 0. The Labute approximate surface area is 134 Å². The molecule has 0 unspecified atom stereocenters. The summed E-state index contributed by atoms with van der Waals surface area (Å²) >= 11 is 0. The Bertz CT molecular complexity index is 722. The van der Waals surface area contributed by atoms with Crippen LogP contribution in [0, 0.1) is 0 Å². The van der Waals surface area contributed by atoms with Gasteiger partial charge in [-0.1, -0.05) is 6.92 Å². The molecule has 2 aromatic heterocycles. The fourth-order valence-corrected chi connectivity index (χ4v) is 3.00. The molecule has 0 saturated carbocycles. The summed E-state index contributed by atoms with van der Waals surface area (Å²) in [6.45, 7) is 3.91. The maximum absolute atomic E-state index is 12.8. The third kappa shape index (κ3) is 3.33. The zero-order valence-electron chi connectivity index (χ0n) is 13.3. The van der Waals surface area contributed by atoms with Crippen LogP contribution in [0.2, 0.25) is 0 Å². The number of aromatic nitrogens is 4. The van der Waals surface area contributed by atoms with Gasteiger partial charge in [-0.15, -0.1) is 0 Å². The first-order valence-corrected chi connectivity index (χ1v) is 8.05. The molecule has 2 aromatic rings. The number of hydrogen-bond acceptors (Lipinski definition) is 4. The lowest BCUT2D eigenvalue weighted by molar-refractivity contribution is 0.0712. The number of aryl methyl sites for hydroxylation is 1. The fourth-order valence-electron chi connectivity index (χ4n) is 3.00. The summed E-state index contributed by atoms with van der Waals surface area (Å²) in [6.07, 6.45) is 6.38. The van der Waals surface area contributed by atoms with Gasteiger partial charge in [-0.25, -0.2) is 4.68 Å². The monoisotopic (exact) mass is 315 g/mol. The lowest BCUT2D eigenvalue weighted by Gasteiger charge is -2.24. The van der Waals surface area contributed by atoms with Crippen molar-refractivity contribution in [2.24, 2.45) is 0 Å². The third-order valence-corrected chi connectivity index (χ3v) is 4.12. The van der Waals surface area contributed by atoms with Gasteiger partial charge in [-0.2, -0.15) is 10.2 Å². The van der Waals surface area contributed by atoms with E-state index in [-0.39, 0.29) is 17.5 Å². The molecular formula is C16H21N5O2. The molecule has 0 radical (unpaired) electrons. The minimum absolute atomic E-state index is 0.107. The van der Waals surface area contributed by atoms with Crippen LogP contribution in [-0.2, 0) is 13.1 Å². The highest BCUT2D eigenvalue weighted by molar-refractivity contribution is 5.92. The van der Waals surface area contributed by atoms with Crippen molar-refractivity contribution in [3.05, 3.63) is 46.6 Å². The van der Waals surface area contributed by atoms with Gasteiger partial charge in [-0.3, -0.25) is 14.3 Å². The lowest BCUT2D eigenvalue weighted by atomic mass is 10.2. The molecule has 1 aliphatic heterocycles. The maximum atomic E-state index is 12.8. The van der Waals surface area contributed by atoms with Gasteiger partial charge in [0, 0.05) is 31.5 Å². The second kappa shape index (κ2) is 6.76. The van der Waals surface area contributed by atoms with Crippen molar-refractivity contribution < 1.29 is 4.79 Å². The van der Waals surface area contributed by atoms with Gasteiger partial charge in [0.25, 0.3) is 11.5 Å². The van der Waals surface area contributed by atoms with E-state index < -0.39 is 0 Å². The topological polar surface area (TPSA) is 73.0 Å². The van der Waals surface area contributed by atoms with Crippen LogP contribution in [0.15, 0.2) is 35.4 Å². The van der Waals surface area contributed by atoms with Gasteiger partial charge in [0.2, 0.25) is 0 Å². The molecule has 7 heteroatoms. The molecule has 0 N–H and O–H groups in total. The van der Waals surface area contributed by atoms with Crippen LogP contribution in [0.3, 0.4) is 0 Å². The standard InChI is InChI=1S/C16H21N5O2/c1-2-9-21-15(22)7-6-14(18-21)16(23)20-11-3-5-13(20)12-19-10-4-8-17-19/h4,6-8,10,13H,2-3,5,9,11-12H2,1H3/t13-/m1/s1. The second-order valence-corrected chi connectivity index (χ2v) is 5.80. The van der Waals surface area contributed by atoms with E-state index in [0.717, 1.165) is 25.8 Å². The van der Waals surface area contributed by atoms with Crippen LogP contribution >= 0.6 is 0 Å². The summed E-state index contributed by atoms with van der Waals surface area (Å²) in [5, 5.41) is 8.44. The van der Waals surface area contributed by atoms with E-state index in [1.807, 2.05) is 28.8 Å². The number of nitrogens with zero attached hydrogens (tertiary/aromatic N) is 5. The molecule has 7 nitrogen and oxygen atoms in total. The number of amides is 1. The molecule has 3 rings (SSSR count). The predicted octanol–water partition coefficient (Wildman–Crippen LogP) is 1.15. The van der Waals surface area contributed by atoms with E-state index in [1.165, 1.54) is 16.8 Å². The Balaban J connectivity index is 1.78. The van der Waals surface area contributed by atoms with Gasteiger partial charge in [0.1, 0.15) is 5.69 Å². The van der Waals surface area contributed by atoms with Crippen molar-refractivity contribution in [2.75, 3.05) is 6.54 Å². The third-order valence-electron chi connectivity index (χ3n) is 4.12.